The van der Waals surface area contributed by atoms with E-state index in [1.54, 1.807) is 36.4 Å². The van der Waals surface area contributed by atoms with E-state index in [2.05, 4.69) is 5.32 Å². The summed E-state index contributed by atoms with van der Waals surface area (Å²) in [7, 11) is 0. The Balaban J connectivity index is 1.74. The summed E-state index contributed by atoms with van der Waals surface area (Å²) in [5, 5.41) is 17.3. The van der Waals surface area contributed by atoms with Gasteiger partial charge in [-0.05, 0) is 41.7 Å². The SMILES string of the molecule is CCSc1c(N2CCNCC2)c(F)cc2cc(C(=O)C=Cc3ccc(Cl)cc3)c[n+]([O-])c12. The average molecular weight is 472 g/mol. The first-order valence-electron chi connectivity index (χ1n) is 10.4. The molecule has 0 amide bonds. The molecule has 1 aliphatic rings. The van der Waals surface area contributed by atoms with E-state index in [0.717, 1.165) is 18.7 Å². The van der Waals surface area contributed by atoms with Crippen LogP contribution in [0.5, 0.6) is 0 Å². The summed E-state index contributed by atoms with van der Waals surface area (Å²) in [5.74, 6) is -0.0123. The highest BCUT2D eigenvalue weighted by Gasteiger charge is 2.26. The van der Waals surface area contributed by atoms with Crippen LogP contribution in [0.2, 0.25) is 5.02 Å². The number of hydrogen-bond donors (Lipinski definition) is 1. The predicted molar refractivity (Wildman–Crippen MR) is 129 cm³/mol. The fourth-order valence-corrected chi connectivity index (χ4v) is 4.92. The largest absolute Gasteiger partial charge is 0.618 e. The van der Waals surface area contributed by atoms with Crippen LogP contribution in [0.25, 0.3) is 17.0 Å². The van der Waals surface area contributed by atoms with Crippen molar-refractivity contribution < 1.29 is 13.9 Å². The monoisotopic (exact) mass is 471 g/mol. The van der Waals surface area contributed by atoms with Gasteiger partial charge in [-0.2, -0.15) is 4.73 Å². The second-order valence-electron chi connectivity index (χ2n) is 7.45. The molecule has 8 heteroatoms. The molecule has 1 N–H and O–H groups in total. The standard InChI is InChI=1S/C24H23ClFN3O2S/c1-2-32-24-22-17(14-20(26)23(24)28-11-9-27-10-12-28)13-18(15-29(22)31)21(30)8-5-16-3-6-19(25)7-4-16/h3-8,13-15,27H,2,9-12H2,1H3. The number of piperazine rings is 1. The number of benzene rings is 2. The lowest BCUT2D eigenvalue weighted by atomic mass is 10.1. The number of hydrogen-bond acceptors (Lipinski definition) is 5. The number of anilines is 1. The number of thioether (sulfide) groups is 1. The van der Waals surface area contributed by atoms with E-state index in [4.69, 9.17) is 11.6 Å². The van der Waals surface area contributed by atoms with Crippen LogP contribution in [0, 0.1) is 11.0 Å². The fraction of sp³-hybridized carbons (Fsp3) is 0.250. The highest BCUT2D eigenvalue weighted by Crippen LogP contribution is 2.38. The van der Waals surface area contributed by atoms with E-state index >= 15 is 4.39 Å². The minimum atomic E-state index is -0.378. The number of fused-ring (bicyclic) bond motifs is 1. The third kappa shape index (κ3) is 4.75. The predicted octanol–water partition coefficient (Wildman–Crippen LogP) is 4.68. The lowest BCUT2D eigenvalue weighted by Crippen LogP contribution is -2.44. The maximum Gasteiger partial charge on any atom is 0.239 e. The topological polar surface area (TPSA) is 59.3 Å². The van der Waals surface area contributed by atoms with Gasteiger partial charge in [-0.15, -0.1) is 11.8 Å². The van der Waals surface area contributed by atoms with Crippen LogP contribution in [0.1, 0.15) is 22.8 Å². The summed E-state index contributed by atoms with van der Waals surface area (Å²) in [5.41, 5.74) is 1.88. The summed E-state index contributed by atoms with van der Waals surface area (Å²) in [6.07, 6.45) is 4.33. The molecule has 0 unspecified atom stereocenters. The molecule has 166 valence electrons. The van der Waals surface area contributed by atoms with Crippen molar-refractivity contribution in [2.45, 2.75) is 11.8 Å². The number of halogens is 2. The molecule has 1 fully saturated rings. The Kier molecular flexibility index (Phi) is 6.98. The van der Waals surface area contributed by atoms with E-state index in [1.807, 2.05) is 11.8 Å². The molecule has 0 atom stereocenters. The number of nitrogens with one attached hydrogen (secondary N) is 1. The van der Waals surface area contributed by atoms with Gasteiger partial charge in [0.2, 0.25) is 5.52 Å². The van der Waals surface area contributed by atoms with E-state index < -0.39 is 0 Å². The lowest BCUT2D eigenvalue weighted by molar-refractivity contribution is -0.578. The summed E-state index contributed by atoms with van der Waals surface area (Å²) < 4.78 is 16.0. The first-order chi connectivity index (χ1) is 15.5. The molecule has 0 bridgehead atoms. The Morgan fingerprint density at radius 2 is 2.00 bits per heavy atom. The molecule has 3 aromatic rings. The van der Waals surface area contributed by atoms with Gasteiger partial charge in [-0.25, -0.2) is 4.39 Å². The minimum Gasteiger partial charge on any atom is -0.618 e. The van der Waals surface area contributed by atoms with Crippen molar-refractivity contribution in [1.29, 1.82) is 0 Å². The van der Waals surface area contributed by atoms with Crippen LogP contribution in [0.15, 0.2) is 53.6 Å². The molecule has 1 aliphatic heterocycles. The molecule has 0 saturated carbocycles. The Morgan fingerprint density at radius 1 is 1.28 bits per heavy atom. The van der Waals surface area contributed by atoms with Crippen LogP contribution < -0.4 is 14.9 Å². The van der Waals surface area contributed by atoms with Gasteiger partial charge in [0.1, 0.15) is 10.7 Å². The number of rotatable bonds is 6. The van der Waals surface area contributed by atoms with Crippen molar-refractivity contribution in [2.75, 3.05) is 36.8 Å². The number of nitrogens with zero attached hydrogens (tertiary/aromatic N) is 2. The van der Waals surface area contributed by atoms with Crippen LogP contribution in [0.4, 0.5) is 10.1 Å². The highest BCUT2D eigenvalue weighted by molar-refractivity contribution is 7.99. The van der Waals surface area contributed by atoms with Crippen molar-refractivity contribution in [1.82, 2.24) is 5.32 Å². The summed E-state index contributed by atoms with van der Waals surface area (Å²) >= 11 is 7.33. The van der Waals surface area contributed by atoms with Crippen LogP contribution >= 0.6 is 23.4 Å². The molecule has 0 spiro atoms. The van der Waals surface area contributed by atoms with E-state index in [-0.39, 0.29) is 17.2 Å². The van der Waals surface area contributed by atoms with Gasteiger partial charge in [-0.1, -0.05) is 36.7 Å². The maximum absolute atomic E-state index is 15.3. The lowest BCUT2D eigenvalue weighted by Gasteiger charge is -2.31. The molecule has 32 heavy (non-hydrogen) atoms. The molecule has 2 aromatic carbocycles. The number of pyridine rings is 1. The Morgan fingerprint density at radius 3 is 2.69 bits per heavy atom. The van der Waals surface area contributed by atoms with Gasteiger partial charge in [0.25, 0.3) is 0 Å². The van der Waals surface area contributed by atoms with Crippen LogP contribution in [0.3, 0.4) is 0 Å². The quantitative estimate of drug-likeness (QED) is 0.186. The van der Waals surface area contributed by atoms with Gasteiger partial charge in [0.05, 0.1) is 16.6 Å². The first-order valence-corrected chi connectivity index (χ1v) is 11.8. The molecule has 1 saturated heterocycles. The zero-order chi connectivity index (χ0) is 22.7. The third-order valence-electron chi connectivity index (χ3n) is 5.30. The molecule has 5 nitrogen and oxygen atoms in total. The molecular formula is C24H23ClFN3O2S. The van der Waals surface area contributed by atoms with Crippen LogP contribution in [-0.4, -0.2) is 37.7 Å². The Hall–Kier alpha value is -2.61. The summed E-state index contributed by atoms with van der Waals surface area (Å²) in [6.45, 7) is 4.84. The molecule has 0 aliphatic carbocycles. The van der Waals surface area contributed by atoms with E-state index in [1.165, 1.54) is 30.1 Å². The zero-order valence-electron chi connectivity index (χ0n) is 17.6. The molecule has 1 aromatic heterocycles. The van der Waals surface area contributed by atoms with Crippen molar-refractivity contribution in [3.05, 3.63) is 75.8 Å². The van der Waals surface area contributed by atoms with Gasteiger partial charge < -0.3 is 15.4 Å². The maximum atomic E-state index is 15.3. The average Bonchev–Trinajstić information content (AvgIpc) is 2.79. The summed E-state index contributed by atoms with van der Waals surface area (Å²) in [4.78, 5) is 15.3. The van der Waals surface area contributed by atoms with Gasteiger partial charge in [0, 0.05) is 31.2 Å². The molecule has 0 radical (unpaired) electrons. The second kappa shape index (κ2) is 9.90. The third-order valence-corrected chi connectivity index (χ3v) is 6.52. The normalized spacial score (nSPS) is 14.4. The van der Waals surface area contributed by atoms with E-state index in [9.17, 15) is 10.0 Å². The van der Waals surface area contributed by atoms with Gasteiger partial charge in [-0.3, -0.25) is 4.79 Å². The van der Waals surface area contributed by atoms with Crippen molar-refractivity contribution in [3.63, 3.8) is 0 Å². The smallest absolute Gasteiger partial charge is 0.239 e. The second-order valence-corrected chi connectivity index (χ2v) is 9.16. The van der Waals surface area contributed by atoms with E-state index in [0.29, 0.717) is 50.1 Å². The van der Waals surface area contributed by atoms with Crippen molar-refractivity contribution in [3.8, 4) is 0 Å². The number of carbonyl (C=O) groups excluding carboxylic acids is 1. The first kappa shape index (κ1) is 22.6. The summed E-state index contributed by atoms with van der Waals surface area (Å²) in [6, 6.07) is 10.0. The number of ketones is 1. The Labute approximate surface area is 195 Å². The number of aromatic nitrogens is 1. The number of allylic oxidation sites excluding steroid dienone is 1. The molecule has 2 heterocycles. The molecule has 4 rings (SSSR count). The highest BCUT2D eigenvalue weighted by atomic mass is 35.5. The zero-order valence-corrected chi connectivity index (χ0v) is 19.2. The Bertz CT molecular complexity index is 1180. The van der Waals surface area contributed by atoms with Crippen molar-refractivity contribution >= 4 is 51.8 Å². The van der Waals surface area contributed by atoms with Gasteiger partial charge >= 0.3 is 0 Å². The molecular weight excluding hydrogens is 449 g/mol. The minimum absolute atomic E-state index is 0.208. The van der Waals surface area contributed by atoms with Crippen LogP contribution in [-0.2, 0) is 0 Å². The van der Waals surface area contributed by atoms with Gasteiger partial charge in [0.15, 0.2) is 12.0 Å². The fourth-order valence-electron chi connectivity index (χ4n) is 3.80. The van der Waals surface area contributed by atoms with Crippen molar-refractivity contribution in [2.24, 2.45) is 0 Å². The number of carbonyl (C=O) groups is 1.